The third-order valence-electron chi connectivity index (χ3n) is 6.40. The Balaban J connectivity index is 1.35. The van der Waals surface area contributed by atoms with Crippen LogP contribution in [0, 0.1) is 0 Å². The largest absolute Gasteiger partial charge is 0.492 e. The predicted molar refractivity (Wildman–Crippen MR) is 135 cm³/mol. The molecular weight excluding hydrogens is 460 g/mol. The van der Waals surface area contributed by atoms with Crippen molar-refractivity contribution in [1.82, 2.24) is 10.0 Å². The Labute approximate surface area is 201 Å². The Morgan fingerprint density at radius 2 is 2.03 bits per heavy atom. The summed E-state index contributed by atoms with van der Waals surface area (Å²) in [5.74, 6) is 0.635. The normalized spacial score (nSPS) is 21.1. The fourth-order valence-corrected chi connectivity index (χ4v) is 6.26. The van der Waals surface area contributed by atoms with Gasteiger partial charge in [-0.2, -0.15) is 0 Å². The Kier molecular flexibility index (Phi) is 7.03. The Morgan fingerprint density at radius 3 is 2.78 bits per heavy atom. The zero-order chi connectivity index (χ0) is 22.9. The van der Waals surface area contributed by atoms with E-state index in [0.29, 0.717) is 12.2 Å². The molecule has 3 atom stereocenters. The highest BCUT2D eigenvalue weighted by Gasteiger charge is 2.36. The number of amides is 2. The molecule has 32 heavy (non-hydrogen) atoms. The van der Waals surface area contributed by atoms with Gasteiger partial charge in [0.25, 0.3) is 11.8 Å². The first-order chi connectivity index (χ1) is 15.2. The average molecular weight is 491 g/mol. The number of carbonyl (C=O) groups is 2. The molecule has 3 unspecified atom stereocenters. The van der Waals surface area contributed by atoms with Crippen LogP contribution in [-0.2, 0) is 39.1 Å². The standard InChI is InChI=1S/C24H30N2O3S3/c1-15(25-23(28)21-13-16-6-4-5-7-20(16)31-21)10-11-24(2)14-29-19-12-17(8-9-18(19)24)22(27)26-32(3)30/h8-9,12-13,15H,4-7,10-11,14H2,1-3H3,(H,25,28)(H,26,27). The van der Waals surface area contributed by atoms with Crippen molar-refractivity contribution in [3.8, 4) is 5.75 Å². The lowest BCUT2D eigenvalue weighted by Crippen LogP contribution is -2.34. The van der Waals surface area contributed by atoms with E-state index < -0.39 is 9.64 Å². The molecule has 1 aromatic heterocycles. The van der Waals surface area contributed by atoms with Crippen LogP contribution >= 0.6 is 11.3 Å². The molecule has 2 amide bonds. The molecule has 0 fully saturated rings. The number of ether oxygens (including phenoxy) is 1. The second-order valence-electron chi connectivity index (χ2n) is 9.12. The van der Waals surface area contributed by atoms with Crippen LogP contribution in [0.1, 0.15) is 75.6 Å². The SMILES string of the molecule is CC(CCC1(C)COc2cc(C(=O)NS(C)=S)ccc21)NC(=O)c1cc2c(s1)CCCC2. The number of fused-ring (bicyclic) bond motifs is 2. The summed E-state index contributed by atoms with van der Waals surface area (Å²) in [7, 11) is -0.576. The first kappa shape index (κ1) is 23.4. The number of thiophene rings is 1. The van der Waals surface area contributed by atoms with Crippen molar-refractivity contribution >= 4 is 44.0 Å². The predicted octanol–water partition coefficient (Wildman–Crippen LogP) is 4.23. The van der Waals surface area contributed by atoms with E-state index in [9.17, 15) is 9.59 Å². The molecule has 1 aliphatic carbocycles. The van der Waals surface area contributed by atoms with Crippen molar-refractivity contribution < 1.29 is 14.3 Å². The summed E-state index contributed by atoms with van der Waals surface area (Å²) in [6.07, 6.45) is 8.20. The van der Waals surface area contributed by atoms with Gasteiger partial charge < -0.3 is 10.1 Å². The van der Waals surface area contributed by atoms with Gasteiger partial charge in [-0.1, -0.05) is 13.0 Å². The van der Waals surface area contributed by atoms with Crippen LogP contribution < -0.4 is 14.8 Å². The zero-order valence-electron chi connectivity index (χ0n) is 18.8. The highest BCUT2D eigenvalue weighted by molar-refractivity contribution is 8.27. The highest BCUT2D eigenvalue weighted by atomic mass is 32.8. The fraction of sp³-hybridized carbons (Fsp3) is 0.500. The first-order valence-electron chi connectivity index (χ1n) is 11.1. The molecule has 2 aromatic rings. The van der Waals surface area contributed by atoms with E-state index in [1.807, 2.05) is 18.2 Å². The molecule has 0 saturated carbocycles. The lowest BCUT2D eigenvalue weighted by atomic mass is 9.79. The Hall–Kier alpha value is -1.77. The minimum absolute atomic E-state index is 0.0393. The van der Waals surface area contributed by atoms with Crippen molar-refractivity contribution in [3.63, 3.8) is 0 Å². The number of aryl methyl sites for hydroxylation is 2. The number of nitrogens with one attached hydrogen (secondary N) is 2. The number of benzene rings is 1. The Morgan fingerprint density at radius 1 is 1.25 bits per heavy atom. The van der Waals surface area contributed by atoms with Crippen molar-refractivity contribution in [2.24, 2.45) is 0 Å². The minimum atomic E-state index is -0.576. The molecule has 2 N–H and O–H groups in total. The second kappa shape index (κ2) is 9.61. The molecule has 1 aliphatic heterocycles. The van der Waals surface area contributed by atoms with Gasteiger partial charge in [-0.15, -0.1) is 11.3 Å². The maximum Gasteiger partial charge on any atom is 0.261 e. The molecule has 0 radical (unpaired) electrons. The number of hydrogen-bond donors (Lipinski definition) is 2. The fourth-order valence-electron chi connectivity index (χ4n) is 4.50. The monoisotopic (exact) mass is 490 g/mol. The third kappa shape index (κ3) is 5.07. The van der Waals surface area contributed by atoms with Crippen LogP contribution in [0.25, 0.3) is 0 Å². The van der Waals surface area contributed by atoms with E-state index in [0.717, 1.165) is 41.9 Å². The van der Waals surface area contributed by atoms with E-state index in [1.165, 1.54) is 23.3 Å². The van der Waals surface area contributed by atoms with Gasteiger partial charge in [-0.25, -0.2) is 0 Å². The van der Waals surface area contributed by atoms with E-state index in [-0.39, 0.29) is 23.3 Å². The van der Waals surface area contributed by atoms with Crippen LogP contribution in [0.4, 0.5) is 0 Å². The van der Waals surface area contributed by atoms with Gasteiger partial charge in [-0.3, -0.25) is 14.3 Å². The summed E-state index contributed by atoms with van der Waals surface area (Å²) in [4.78, 5) is 27.2. The van der Waals surface area contributed by atoms with Gasteiger partial charge in [0.2, 0.25) is 0 Å². The lowest BCUT2D eigenvalue weighted by molar-refractivity contribution is 0.0938. The highest BCUT2D eigenvalue weighted by Crippen LogP contribution is 2.42. The van der Waals surface area contributed by atoms with E-state index in [1.54, 1.807) is 17.6 Å². The first-order valence-corrected chi connectivity index (χ1v) is 14.5. The topological polar surface area (TPSA) is 67.4 Å². The molecule has 2 heterocycles. The van der Waals surface area contributed by atoms with Gasteiger partial charge in [0, 0.05) is 33.7 Å². The minimum Gasteiger partial charge on any atom is -0.492 e. The van der Waals surface area contributed by atoms with Crippen molar-refractivity contribution in [2.45, 2.75) is 63.8 Å². The Bertz CT molecular complexity index is 1040. The second-order valence-corrected chi connectivity index (χ2v) is 12.9. The molecule has 8 heteroatoms. The molecule has 0 spiro atoms. The van der Waals surface area contributed by atoms with Crippen molar-refractivity contribution in [3.05, 3.63) is 50.7 Å². The van der Waals surface area contributed by atoms with Crippen LogP contribution in [0.15, 0.2) is 24.3 Å². The third-order valence-corrected chi connectivity index (χ3v) is 8.36. The van der Waals surface area contributed by atoms with Crippen molar-refractivity contribution in [2.75, 3.05) is 12.9 Å². The average Bonchev–Trinajstić information content (AvgIpc) is 3.33. The maximum absolute atomic E-state index is 12.8. The molecule has 4 rings (SSSR count). The summed E-state index contributed by atoms with van der Waals surface area (Å²) in [6, 6.07) is 7.80. The van der Waals surface area contributed by atoms with Gasteiger partial charge in [0.1, 0.15) is 5.75 Å². The van der Waals surface area contributed by atoms with E-state index in [4.69, 9.17) is 15.9 Å². The summed E-state index contributed by atoms with van der Waals surface area (Å²) in [5, 5.41) is 3.18. The van der Waals surface area contributed by atoms with E-state index in [2.05, 4.69) is 30.0 Å². The van der Waals surface area contributed by atoms with Gasteiger partial charge in [0.15, 0.2) is 0 Å². The van der Waals surface area contributed by atoms with Gasteiger partial charge in [-0.05, 0) is 90.0 Å². The van der Waals surface area contributed by atoms with E-state index >= 15 is 0 Å². The molecular formula is C24H30N2O3S3. The lowest BCUT2D eigenvalue weighted by Gasteiger charge is -2.25. The van der Waals surface area contributed by atoms with Crippen molar-refractivity contribution in [1.29, 1.82) is 0 Å². The van der Waals surface area contributed by atoms with Crippen LogP contribution in [-0.4, -0.2) is 30.7 Å². The molecule has 1 aromatic carbocycles. The number of carbonyl (C=O) groups excluding carboxylic acids is 2. The quantitative estimate of drug-likeness (QED) is 0.610. The summed E-state index contributed by atoms with van der Waals surface area (Å²) in [5.41, 5.74) is 2.91. The van der Waals surface area contributed by atoms with Gasteiger partial charge in [0.05, 0.1) is 11.5 Å². The van der Waals surface area contributed by atoms with Crippen LogP contribution in [0.3, 0.4) is 0 Å². The summed E-state index contributed by atoms with van der Waals surface area (Å²) < 4.78 is 8.72. The number of hydrogen-bond acceptors (Lipinski definition) is 5. The van der Waals surface area contributed by atoms with Crippen LogP contribution in [0.2, 0.25) is 0 Å². The molecule has 0 saturated heterocycles. The smallest absolute Gasteiger partial charge is 0.261 e. The molecule has 0 bridgehead atoms. The zero-order valence-corrected chi connectivity index (χ0v) is 21.2. The number of rotatable bonds is 7. The van der Waals surface area contributed by atoms with Gasteiger partial charge >= 0.3 is 0 Å². The summed E-state index contributed by atoms with van der Waals surface area (Å²) >= 11 is 6.72. The summed E-state index contributed by atoms with van der Waals surface area (Å²) in [6.45, 7) is 4.83. The molecule has 5 nitrogen and oxygen atoms in total. The molecule has 172 valence electrons. The molecule has 2 aliphatic rings. The maximum atomic E-state index is 12.8. The van der Waals surface area contributed by atoms with Crippen LogP contribution in [0.5, 0.6) is 5.75 Å².